The maximum Gasteiger partial charge on any atom is 0.422 e. The van der Waals surface area contributed by atoms with Crippen molar-refractivity contribution in [3.63, 3.8) is 0 Å². The summed E-state index contributed by atoms with van der Waals surface area (Å²) in [7, 11) is -4.93. The van der Waals surface area contributed by atoms with Crippen molar-refractivity contribution in [1.82, 2.24) is 0 Å². The van der Waals surface area contributed by atoms with Crippen molar-refractivity contribution in [2.45, 2.75) is 29.7 Å². The average molecular weight is 498 g/mol. The lowest BCUT2D eigenvalue weighted by Gasteiger charge is -2.16. The molecular weight excluding hydrogens is 487 g/mol. The zero-order valence-electron chi connectivity index (χ0n) is 16.1. The summed E-state index contributed by atoms with van der Waals surface area (Å²) in [6.45, 7) is 0. The number of hydrogen-bond acceptors (Lipinski definition) is 2. The molecule has 2 aliphatic rings. The molecule has 0 aliphatic heterocycles. The largest absolute Gasteiger partial charge is 0.422 e. The van der Waals surface area contributed by atoms with E-state index < -0.39 is 72.1 Å². The second-order valence-electron chi connectivity index (χ2n) is 7.68. The van der Waals surface area contributed by atoms with E-state index in [1.807, 2.05) is 0 Å². The third-order valence-electron chi connectivity index (χ3n) is 5.53. The maximum absolute atomic E-state index is 14.6. The summed E-state index contributed by atoms with van der Waals surface area (Å²) in [5.41, 5.74) is -5.21. The lowest BCUT2D eigenvalue weighted by atomic mass is 9.93. The summed E-state index contributed by atoms with van der Waals surface area (Å²) in [6.07, 6.45) is -1.99. The molecule has 0 bridgehead atoms. The van der Waals surface area contributed by atoms with E-state index in [9.17, 15) is 47.9 Å². The SMILES string of the molecule is O=S(=O)(c1ccc(C2=CC3(C=C2c2c(F)c(F)c(C(F)(F)F)c(F)c2F)CC3)cc1)C(F)F. The molecule has 0 radical (unpaired) electrons. The number of alkyl halides is 5. The van der Waals surface area contributed by atoms with Gasteiger partial charge in [0.15, 0.2) is 23.3 Å². The fourth-order valence-electron chi connectivity index (χ4n) is 3.69. The van der Waals surface area contributed by atoms with Gasteiger partial charge in [-0.15, -0.1) is 0 Å². The molecule has 0 saturated heterocycles. The van der Waals surface area contributed by atoms with E-state index in [1.165, 1.54) is 12.2 Å². The highest BCUT2D eigenvalue weighted by Gasteiger charge is 2.47. The molecule has 2 nitrogen and oxygen atoms in total. The van der Waals surface area contributed by atoms with Crippen molar-refractivity contribution in [1.29, 1.82) is 0 Å². The van der Waals surface area contributed by atoms with Crippen LogP contribution in [-0.4, -0.2) is 14.2 Å². The molecular formula is C21H11F9O2S. The summed E-state index contributed by atoms with van der Waals surface area (Å²) < 4.78 is 145. The van der Waals surface area contributed by atoms with Gasteiger partial charge < -0.3 is 0 Å². The second kappa shape index (κ2) is 7.37. The Morgan fingerprint density at radius 3 is 1.70 bits per heavy atom. The Balaban J connectivity index is 1.86. The number of halogens is 9. The van der Waals surface area contributed by atoms with Crippen LogP contribution in [0.3, 0.4) is 0 Å². The van der Waals surface area contributed by atoms with E-state index in [4.69, 9.17) is 0 Å². The Hall–Kier alpha value is -2.76. The van der Waals surface area contributed by atoms with Gasteiger partial charge in [0.05, 0.1) is 10.5 Å². The van der Waals surface area contributed by atoms with Crippen molar-refractivity contribution in [3.8, 4) is 0 Å². The van der Waals surface area contributed by atoms with Gasteiger partial charge in [-0.25, -0.2) is 26.0 Å². The predicted octanol–water partition coefficient (Wildman–Crippen LogP) is 6.52. The van der Waals surface area contributed by atoms with Gasteiger partial charge >= 0.3 is 11.9 Å². The first-order valence-corrected chi connectivity index (χ1v) is 10.8. The van der Waals surface area contributed by atoms with E-state index in [1.54, 1.807) is 0 Å². The molecule has 2 aliphatic carbocycles. The number of sulfone groups is 1. The van der Waals surface area contributed by atoms with Gasteiger partial charge in [0.1, 0.15) is 5.56 Å². The number of allylic oxidation sites excluding steroid dienone is 4. The fraction of sp³-hybridized carbons (Fsp3) is 0.238. The molecule has 1 fully saturated rings. The summed E-state index contributed by atoms with van der Waals surface area (Å²) in [5, 5.41) is 0. The third-order valence-corrected chi connectivity index (χ3v) is 6.92. The lowest BCUT2D eigenvalue weighted by molar-refractivity contribution is -0.143. The predicted molar refractivity (Wildman–Crippen MR) is 98.5 cm³/mol. The molecule has 33 heavy (non-hydrogen) atoms. The monoisotopic (exact) mass is 498 g/mol. The van der Waals surface area contributed by atoms with Crippen LogP contribution < -0.4 is 0 Å². The summed E-state index contributed by atoms with van der Waals surface area (Å²) in [6, 6.07) is 3.72. The van der Waals surface area contributed by atoms with Crippen LogP contribution in [0.15, 0.2) is 41.3 Å². The highest BCUT2D eigenvalue weighted by Crippen LogP contribution is 2.58. The highest BCUT2D eigenvalue weighted by molar-refractivity contribution is 7.91. The van der Waals surface area contributed by atoms with Crippen LogP contribution in [0.5, 0.6) is 0 Å². The summed E-state index contributed by atoms with van der Waals surface area (Å²) >= 11 is 0. The van der Waals surface area contributed by atoms with Gasteiger partial charge in [-0.05, 0) is 41.7 Å². The Bertz CT molecular complexity index is 1290. The lowest BCUT2D eigenvalue weighted by Crippen LogP contribution is -2.17. The van der Waals surface area contributed by atoms with Gasteiger partial charge in [0.25, 0.3) is 0 Å². The smallest absolute Gasteiger partial charge is 0.218 e. The average Bonchev–Trinajstić information content (AvgIpc) is 3.37. The van der Waals surface area contributed by atoms with Crippen LogP contribution in [-0.2, 0) is 16.0 Å². The van der Waals surface area contributed by atoms with E-state index in [-0.39, 0.29) is 11.1 Å². The molecule has 2 aromatic rings. The van der Waals surface area contributed by atoms with E-state index in [0.717, 1.165) is 24.3 Å². The molecule has 1 saturated carbocycles. The van der Waals surface area contributed by atoms with Crippen LogP contribution in [0.2, 0.25) is 0 Å². The topological polar surface area (TPSA) is 34.1 Å². The van der Waals surface area contributed by atoms with Crippen molar-refractivity contribution in [2.75, 3.05) is 0 Å². The van der Waals surface area contributed by atoms with Gasteiger partial charge in [-0.3, -0.25) is 0 Å². The fourth-order valence-corrected chi connectivity index (χ4v) is 4.42. The Morgan fingerprint density at radius 2 is 1.27 bits per heavy atom. The van der Waals surface area contributed by atoms with Gasteiger partial charge in [-0.1, -0.05) is 24.3 Å². The van der Waals surface area contributed by atoms with Crippen molar-refractivity contribution in [3.05, 3.63) is 76.4 Å². The van der Waals surface area contributed by atoms with Crippen LogP contribution in [0.4, 0.5) is 39.5 Å². The van der Waals surface area contributed by atoms with Crippen LogP contribution in [0.25, 0.3) is 11.1 Å². The van der Waals surface area contributed by atoms with Crippen molar-refractivity contribution < 1.29 is 47.9 Å². The molecule has 12 heteroatoms. The summed E-state index contributed by atoms with van der Waals surface area (Å²) in [4.78, 5) is -0.740. The third kappa shape index (κ3) is 3.73. The molecule has 0 unspecified atom stereocenters. The molecule has 0 N–H and O–H groups in total. The van der Waals surface area contributed by atoms with Crippen LogP contribution in [0, 0.1) is 28.7 Å². The second-order valence-corrected chi connectivity index (χ2v) is 9.60. The maximum atomic E-state index is 14.6. The van der Waals surface area contributed by atoms with E-state index in [2.05, 4.69) is 0 Å². The quantitative estimate of drug-likeness (QED) is 0.356. The zero-order valence-corrected chi connectivity index (χ0v) is 16.9. The van der Waals surface area contributed by atoms with Crippen molar-refractivity contribution >= 4 is 21.0 Å². The molecule has 0 heterocycles. The first-order chi connectivity index (χ1) is 15.2. The van der Waals surface area contributed by atoms with Gasteiger partial charge in [0, 0.05) is 5.41 Å². The molecule has 0 aromatic heterocycles. The minimum Gasteiger partial charge on any atom is -0.218 e. The number of rotatable bonds is 4. The molecule has 2 aromatic carbocycles. The normalized spacial score (nSPS) is 17.5. The minimum atomic E-state index is -5.69. The molecule has 4 rings (SSSR count). The standard InChI is InChI=1S/C21H11F9O2S/c22-15-13(16(23)18(25)14(17(15)24)21(28,29)30)12-8-20(5-6-20)7-11(12)9-1-3-10(4-2-9)33(31,32)19(26)27/h1-4,7-8,19H,5-6H2. The first-order valence-electron chi connectivity index (χ1n) is 9.22. The number of benzene rings is 2. The van der Waals surface area contributed by atoms with Crippen molar-refractivity contribution in [2.24, 2.45) is 5.41 Å². The van der Waals surface area contributed by atoms with Crippen LogP contribution >= 0.6 is 0 Å². The van der Waals surface area contributed by atoms with Gasteiger partial charge in [-0.2, -0.15) is 22.0 Å². The van der Waals surface area contributed by atoms with E-state index in [0.29, 0.717) is 12.8 Å². The van der Waals surface area contributed by atoms with E-state index >= 15 is 0 Å². The van der Waals surface area contributed by atoms with Crippen LogP contribution in [0.1, 0.15) is 29.5 Å². The minimum absolute atomic E-state index is 0.0372. The molecule has 0 amide bonds. The Kier molecular flexibility index (Phi) is 5.23. The number of hydrogen-bond donors (Lipinski definition) is 0. The first kappa shape index (κ1) is 23.4. The molecule has 0 atom stereocenters. The Morgan fingerprint density at radius 1 is 0.788 bits per heavy atom. The molecule has 176 valence electrons. The highest BCUT2D eigenvalue weighted by atomic mass is 32.2. The zero-order chi connectivity index (χ0) is 24.5. The summed E-state index contributed by atoms with van der Waals surface area (Å²) in [5.74, 6) is -13.4. The molecule has 1 spiro atoms. The Labute approximate surface area is 180 Å². The van der Waals surface area contributed by atoms with Gasteiger partial charge in [0.2, 0.25) is 9.84 Å².